The van der Waals surface area contributed by atoms with Crippen LogP contribution in [0.3, 0.4) is 0 Å². The fraction of sp³-hybridized carbons (Fsp3) is 0.154. The van der Waals surface area contributed by atoms with Gasteiger partial charge in [-0.3, -0.25) is 0 Å². The van der Waals surface area contributed by atoms with Crippen molar-refractivity contribution in [2.45, 2.75) is 13.8 Å². The number of nitrogens with zero attached hydrogens (tertiary/aromatic N) is 1. The maximum atomic E-state index is 4.23. The Morgan fingerprint density at radius 3 is 2.71 bits per heavy atom. The van der Waals surface area contributed by atoms with Gasteiger partial charge < -0.3 is 0 Å². The molecule has 14 heavy (non-hydrogen) atoms. The lowest BCUT2D eigenvalue weighted by Crippen LogP contribution is -1.87. The van der Waals surface area contributed by atoms with E-state index in [4.69, 9.17) is 0 Å². The van der Waals surface area contributed by atoms with E-state index in [9.17, 15) is 0 Å². The van der Waals surface area contributed by atoms with Gasteiger partial charge >= 0.3 is 0 Å². The summed E-state index contributed by atoms with van der Waals surface area (Å²) in [5, 5.41) is 0. The summed E-state index contributed by atoms with van der Waals surface area (Å²) in [5.74, 6) is 0. The molecule has 0 aliphatic carbocycles. The number of hydrogen-bond acceptors (Lipinski definition) is 1. The van der Waals surface area contributed by atoms with Crippen LogP contribution >= 0.6 is 0 Å². The molecule has 0 aliphatic heterocycles. The molecular weight excluding hydrogens is 170 g/mol. The highest BCUT2D eigenvalue weighted by molar-refractivity contribution is 5.63. The molecule has 0 N–H and O–H groups in total. The van der Waals surface area contributed by atoms with Crippen LogP contribution < -0.4 is 0 Å². The van der Waals surface area contributed by atoms with Gasteiger partial charge in [-0.2, -0.15) is 0 Å². The van der Waals surface area contributed by atoms with E-state index in [-0.39, 0.29) is 0 Å². The summed E-state index contributed by atoms with van der Waals surface area (Å²) in [6, 6.07) is 12.2. The highest BCUT2D eigenvalue weighted by Gasteiger charge is 2.01. The minimum Gasteiger partial charge on any atom is -0.246 e. The van der Waals surface area contributed by atoms with E-state index in [1.165, 1.54) is 16.7 Å². The van der Waals surface area contributed by atoms with Crippen LogP contribution in [-0.2, 0) is 0 Å². The average molecular weight is 182 g/mol. The molecule has 1 nitrogen and oxygen atoms in total. The predicted octanol–water partition coefficient (Wildman–Crippen LogP) is 3.17. The van der Waals surface area contributed by atoms with Crippen LogP contribution in [0.4, 0.5) is 0 Å². The minimum atomic E-state index is 0.994. The number of aryl methyl sites for hydroxylation is 2. The number of hydrogen-bond donors (Lipinski definition) is 0. The zero-order chi connectivity index (χ0) is 9.97. The van der Waals surface area contributed by atoms with Gasteiger partial charge in [-0.1, -0.05) is 23.8 Å². The molecule has 0 spiro atoms. The van der Waals surface area contributed by atoms with Gasteiger partial charge in [0.25, 0.3) is 0 Å². The molecule has 0 bridgehead atoms. The monoisotopic (exact) mass is 182 g/mol. The van der Waals surface area contributed by atoms with E-state index in [1.54, 1.807) is 0 Å². The Morgan fingerprint density at radius 2 is 2.00 bits per heavy atom. The van der Waals surface area contributed by atoms with Crippen LogP contribution in [0.1, 0.15) is 11.1 Å². The summed E-state index contributed by atoms with van der Waals surface area (Å²) < 4.78 is 0. The smallest absolute Gasteiger partial charge is 0.0893 e. The number of pyridine rings is 1. The Bertz CT molecular complexity index is 432. The lowest BCUT2D eigenvalue weighted by molar-refractivity contribution is 1.28. The molecule has 1 aromatic heterocycles. The van der Waals surface area contributed by atoms with Crippen molar-refractivity contribution in [3.8, 4) is 11.3 Å². The average Bonchev–Trinajstić information content (AvgIpc) is 2.23. The van der Waals surface area contributed by atoms with Crippen molar-refractivity contribution in [3.63, 3.8) is 0 Å². The van der Waals surface area contributed by atoms with Gasteiger partial charge in [0.2, 0.25) is 0 Å². The summed E-state index contributed by atoms with van der Waals surface area (Å²) in [4.78, 5) is 4.23. The van der Waals surface area contributed by atoms with E-state index in [2.05, 4.69) is 43.2 Å². The van der Waals surface area contributed by atoms with Crippen LogP contribution in [0.15, 0.2) is 36.4 Å². The Hall–Kier alpha value is -1.63. The first kappa shape index (κ1) is 8.95. The highest BCUT2D eigenvalue weighted by Crippen LogP contribution is 2.21. The molecule has 0 saturated carbocycles. The zero-order valence-corrected chi connectivity index (χ0v) is 8.41. The first-order chi connectivity index (χ1) is 6.77. The van der Waals surface area contributed by atoms with Crippen molar-refractivity contribution in [1.82, 2.24) is 4.98 Å². The fourth-order valence-corrected chi connectivity index (χ4v) is 1.49. The topological polar surface area (TPSA) is 12.9 Å². The van der Waals surface area contributed by atoms with Gasteiger partial charge in [-0.05, 0) is 37.6 Å². The standard InChI is InChI=1S/C13H12N/c1-10-6-7-11(2)12(9-10)13-5-3-4-8-14-13/h3-7,9H,1-2H3. The molecule has 1 heteroatoms. The Labute approximate surface area is 84.4 Å². The molecule has 0 atom stereocenters. The molecule has 1 radical (unpaired) electrons. The quantitative estimate of drug-likeness (QED) is 0.660. The number of aromatic nitrogens is 1. The molecule has 0 amide bonds. The van der Waals surface area contributed by atoms with Crippen molar-refractivity contribution in [1.29, 1.82) is 0 Å². The first-order valence-electron chi connectivity index (χ1n) is 4.68. The second kappa shape index (κ2) is 3.62. The highest BCUT2D eigenvalue weighted by atomic mass is 14.7. The second-order valence-corrected chi connectivity index (χ2v) is 3.47. The fourth-order valence-electron chi connectivity index (χ4n) is 1.49. The van der Waals surface area contributed by atoms with E-state index in [1.807, 2.05) is 18.2 Å². The molecule has 0 saturated heterocycles. The van der Waals surface area contributed by atoms with Gasteiger partial charge in [-0.25, -0.2) is 4.98 Å². The summed E-state index contributed by atoms with van der Waals surface area (Å²) in [5.41, 5.74) is 4.70. The van der Waals surface area contributed by atoms with Crippen molar-refractivity contribution < 1.29 is 0 Å². The summed E-state index contributed by atoms with van der Waals surface area (Å²) in [6.45, 7) is 4.19. The lowest BCUT2D eigenvalue weighted by Gasteiger charge is -2.05. The molecule has 1 heterocycles. The Balaban J connectivity index is 2.57. The Kier molecular flexibility index (Phi) is 2.32. The van der Waals surface area contributed by atoms with Crippen molar-refractivity contribution >= 4 is 0 Å². The van der Waals surface area contributed by atoms with Crippen LogP contribution in [0.2, 0.25) is 0 Å². The number of rotatable bonds is 1. The zero-order valence-electron chi connectivity index (χ0n) is 8.41. The number of benzene rings is 1. The minimum absolute atomic E-state index is 0.994. The second-order valence-electron chi connectivity index (χ2n) is 3.47. The summed E-state index contributed by atoms with van der Waals surface area (Å²) in [7, 11) is 0. The third kappa shape index (κ3) is 1.67. The first-order valence-corrected chi connectivity index (χ1v) is 4.68. The van der Waals surface area contributed by atoms with Gasteiger partial charge in [-0.15, -0.1) is 0 Å². The molecule has 1 aromatic carbocycles. The predicted molar refractivity (Wildman–Crippen MR) is 58.0 cm³/mol. The maximum absolute atomic E-state index is 4.23. The normalized spacial score (nSPS) is 10.1. The summed E-state index contributed by atoms with van der Waals surface area (Å²) in [6.07, 6.45) is 2.86. The molecule has 69 valence electrons. The van der Waals surface area contributed by atoms with Crippen molar-refractivity contribution in [2.24, 2.45) is 0 Å². The molecule has 0 unspecified atom stereocenters. The van der Waals surface area contributed by atoms with E-state index < -0.39 is 0 Å². The molecule has 0 fully saturated rings. The third-order valence-corrected chi connectivity index (χ3v) is 2.28. The Morgan fingerprint density at radius 1 is 1.14 bits per heavy atom. The maximum Gasteiger partial charge on any atom is 0.0893 e. The molecule has 2 aromatic rings. The van der Waals surface area contributed by atoms with Gasteiger partial charge in [0.1, 0.15) is 0 Å². The molecule has 0 aliphatic rings. The largest absolute Gasteiger partial charge is 0.246 e. The van der Waals surface area contributed by atoms with E-state index >= 15 is 0 Å². The van der Waals surface area contributed by atoms with E-state index in [0.29, 0.717) is 0 Å². The van der Waals surface area contributed by atoms with Crippen LogP contribution in [0, 0.1) is 20.0 Å². The van der Waals surface area contributed by atoms with E-state index in [0.717, 1.165) is 5.69 Å². The molecule has 2 rings (SSSR count). The summed E-state index contributed by atoms with van der Waals surface area (Å²) >= 11 is 0. The lowest BCUT2D eigenvalue weighted by atomic mass is 10.0. The van der Waals surface area contributed by atoms with Crippen LogP contribution in [0.5, 0.6) is 0 Å². The SMILES string of the molecule is Cc1ccc(C)c(-c2ccc[c]n2)c1. The van der Waals surface area contributed by atoms with Gasteiger partial charge in [0, 0.05) is 5.56 Å². The van der Waals surface area contributed by atoms with Gasteiger partial charge in [0.15, 0.2) is 0 Å². The van der Waals surface area contributed by atoms with Crippen molar-refractivity contribution in [3.05, 3.63) is 53.7 Å². The van der Waals surface area contributed by atoms with Crippen molar-refractivity contribution in [2.75, 3.05) is 0 Å². The third-order valence-electron chi connectivity index (χ3n) is 2.28. The van der Waals surface area contributed by atoms with Crippen LogP contribution in [0.25, 0.3) is 11.3 Å². The van der Waals surface area contributed by atoms with Crippen LogP contribution in [-0.4, -0.2) is 4.98 Å². The molecular formula is C13H12N. The van der Waals surface area contributed by atoms with Gasteiger partial charge in [0.05, 0.1) is 11.9 Å².